The Kier molecular flexibility index (Phi) is 6.12. The fraction of sp³-hybridized carbons (Fsp3) is 0.286. The third-order valence-electron chi connectivity index (χ3n) is 3.95. The highest BCUT2D eigenvalue weighted by Gasteiger charge is 2.13. The largest absolute Gasteiger partial charge is 0.497 e. The van der Waals surface area contributed by atoms with Gasteiger partial charge in [-0.15, -0.1) is 11.3 Å². The van der Waals surface area contributed by atoms with Gasteiger partial charge in [0, 0.05) is 16.1 Å². The lowest BCUT2D eigenvalue weighted by Crippen LogP contribution is -1.93. The van der Waals surface area contributed by atoms with Gasteiger partial charge in [0.05, 0.1) is 19.4 Å². The summed E-state index contributed by atoms with van der Waals surface area (Å²) in [6.07, 6.45) is 2.11. The van der Waals surface area contributed by atoms with Crippen LogP contribution in [0.4, 0.5) is 10.8 Å². The van der Waals surface area contributed by atoms with E-state index in [0.717, 1.165) is 46.4 Å². The normalized spacial score (nSPS) is 10.6. The highest BCUT2D eigenvalue weighted by Crippen LogP contribution is 2.34. The second kappa shape index (κ2) is 8.72. The number of ether oxygens (including phenoxy) is 2. The Morgan fingerprint density at radius 2 is 1.65 bits per heavy atom. The first-order valence-corrected chi connectivity index (χ1v) is 9.69. The highest BCUT2D eigenvalue weighted by atomic mass is 32.1. The average molecular weight is 369 g/mol. The second-order valence-corrected chi connectivity index (χ2v) is 6.94. The molecule has 0 saturated heterocycles. The molecule has 1 heterocycles. The van der Waals surface area contributed by atoms with Crippen LogP contribution in [0.15, 0.2) is 48.5 Å². The number of rotatable bonds is 8. The highest BCUT2D eigenvalue weighted by molar-refractivity contribution is 7.16. The van der Waals surface area contributed by atoms with Crippen LogP contribution in [0.3, 0.4) is 0 Å². The van der Waals surface area contributed by atoms with E-state index >= 15 is 0 Å². The SMILES string of the molecule is CCCc1sc(Nc2ccc(OCC)cc2)nc1-c1ccc(OC)cc1. The molecule has 4 nitrogen and oxygen atoms in total. The summed E-state index contributed by atoms with van der Waals surface area (Å²) in [6.45, 7) is 4.85. The van der Waals surface area contributed by atoms with Crippen LogP contribution in [-0.2, 0) is 6.42 Å². The molecule has 0 atom stereocenters. The number of aryl methyl sites for hydroxylation is 1. The third kappa shape index (κ3) is 4.35. The van der Waals surface area contributed by atoms with Crippen molar-refractivity contribution in [3.63, 3.8) is 0 Å². The first-order chi connectivity index (χ1) is 12.7. The van der Waals surface area contributed by atoms with Gasteiger partial charge in [-0.1, -0.05) is 13.3 Å². The van der Waals surface area contributed by atoms with E-state index in [4.69, 9.17) is 14.5 Å². The number of hydrogen-bond donors (Lipinski definition) is 1. The molecule has 2 aromatic carbocycles. The Morgan fingerprint density at radius 3 is 2.27 bits per heavy atom. The molecule has 0 aliphatic carbocycles. The first kappa shape index (κ1) is 18.3. The molecular weight excluding hydrogens is 344 g/mol. The van der Waals surface area contributed by atoms with Gasteiger partial charge < -0.3 is 14.8 Å². The van der Waals surface area contributed by atoms with E-state index in [1.165, 1.54) is 4.88 Å². The van der Waals surface area contributed by atoms with Crippen LogP contribution in [0.2, 0.25) is 0 Å². The van der Waals surface area contributed by atoms with Gasteiger partial charge in [-0.3, -0.25) is 0 Å². The van der Waals surface area contributed by atoms with Gasteiger partial charge in [-0.25, -0.2) is 4.98 Å². The molecule has 0 aliphatic heterocycles. The lowest BCUT2D eigenvalue weighted by molar-refractivity contribution is 0.340. The maximum atomic E-state index is 5.49. The minimum atomic E-state index is 0.671. The van der Waals surface area contributed by atoms with Crippen LogP contribution < -0.4 is 14.8 Å². The fourth-order valence-electron chi connectivity index (χ4n) is 2.70. The maximum absolute atomic E-state index is 5.49. The predicted octanol–water partition coefficient (Wildman–Crippen LogP) is 5.91. The van der Waals surface area contributed by atoms with Crippen LogP contribution >= 0.6 is 11.3 Å². The molecule has 1 N–H and O–H groups in total. The Hall–Kier alpha value is -2.53. The van der Waals surface area contributed by atoms with Crippen molar-refractivity contribution in [2.24, 2.45) is 0 Å². The van der Waals surface area contributed by atoms with Crippen molar-refractivity contribution in [2.75, 3.05) is 19.0 Å². The molecule has 3 rings (SSSR count). The van der Waals surface area contributed by atoms with Gasteiger partial charge in [0.1, 0.15) is 11.5 Å². The number of aromatic nitrogens is 1. The number of thiazole rings is 1. The minimum Gasteiger partial charge on any atom is -0.497 e. The summed E-state index contributed by atoms with van der Waals surface area (Å²) in [5.41, 5.74) is 3.17. The van der Waals surface area contributed by atoms with Gasteiger partial charge >= 0.3 is 0 Å². The van der Waals surface area contributed by atoms with Crippen molar-refractivity contribution in [1.82, 2.24) is 4.98 Å². The quantitative estimate of drug-likeness (QED) is 0.536. The van der Waals surface area contributed by atoms with E-state index in [-0.39, 0.29) is 0 Å². The summed E-state index contributed by atoms with van der Waals surface area (Å²) in [5.74, 6) is 1.73. The van der Waals surface area contributed by atoms with Crippen LogP contribution in [0, 0.1) is 0 Å². The summed E-state index contributed by atoms with van der Waals surface area (Å²) < 4.78 is 10.7. The molecule has 0 saturated carbocycles. The topological polar surface area (TPSA) is 43.4 Å². The van der Waals surface area contributed by atoms with Gasteiger partial charge in [-0.05, 0) is 61.9 Å². The second-order valence-electron chi connectivity index (χ2n) is 5.85. The van der Waals surface area contributed by atoms with Crippen LogP contribution in [0.5, 0.6) is 11.5 Å². The minimum absolute atomic E-state index is 0.671. The summed E-state index contributed by atoms with van der Waals surface area (Å²) in [4.78, 5) is 6.14. The third-order valence-corrected chi connectivity index (χ3v) is 4.99. The smallest absolute Gasteiger partial charge is 0.187 e. The number of nitrogens with zero attached hydrogens (tertiary/aromatic N) is 1. The Morgan fingerprint density at radius 1 is 0.962 bits per heavy atom. The van der Waals surface area contributed by atoms with E-state index in [2.05, 4.69) is 24.4 Å². The molecule has 136 valence electrons. The fourth-order valence-corrected chi connectivity index (χ4v) is 3.81. The van der Waals surface area contributed by atoms with Crippen LogP contribution in [0.1, 0.15) is 25.1 Å². The maximum Gasteiger partial charge on any atom is 0.187 e. The van der Waals surface area contributed by atoms with Gasteiger partial charge in [-0.2, -0.15) is 0 Å². The van der Waals surface area contributed by atoms with E-state index in [1.54, 1.807) is 18.4 Å². The summed E-state index contributed by atoms with van der Waals surface area (Å²) in [7, 11) is 1.68. The molecule has 0 fully saturated rings. The zero-order valence-corrected chi connectivity index (χ0v) is 16.2. The summed E-state index contributed by atoms with van der Waals surface area (Å²) in [6, 6.07) is 16.0. The Balaban J connectivity index is 1.83. The lowest BCUT2D eigenvalue weighted by atomic mass is 10.1. The van der Waals surface area contributed by atoms with E-state index in [0.29, 0.717) is 6.61 Å². The average Bonchev–Trinajstić information content (AvgIpc) is 3.06. The monoisotopic (exact) mass is 368 g/mol. The molecule has 5 heteroatoms. The number of nitrogens with one attached hydrogen (secondary N) is 1. The van der Waals surface area contributed by atoms with Gasteiger partial charge in [0.15, 0.2) is 5.13 Å². The molecule has 0 aliphatic rings. The molecule has 3 aromatic rings. The zero-order valence-electron chi connectivity index (χ0n) is 15.4. The van der Waals surface area contributed by atoms with Crippen molar-refractivity contribution < 1.29 is 9.47 Å². The molecule has 0 radical (unpaired) electrons. The molecule has 0 spiro atoms. The summed E-state index contributed by atoms with van der Waals surface area (Å²) in [5, 5.41) is 4.32. The van der Waals surface area contributed by atoms with Crippen molar-refractivity contribution in [3.05, 3.63) is 53.4 Å². The summed E-state index contributed by atoms with van der Waals surface area (Å²) >= 11 is 1.71. The standard InChI is InChI=1S/C21H24N2O2S/c1-4-6-19-20(15-7-11-17(24-3)12-8-15)23-21(26-19)22-16-9-13-18(14-10-16)25-5-2/h7-14H,4-6H2,1-3H3,(H,22,23). The number of methoxy groups -OCH3 is 1. The molecule has 1 aromatic heterocycles. The lowest BCUT2D eigenvalue weighted by Gasteiger charge is -2.05. The number of anilines is 2. The Bertz CT molecular complexity index is 826. The van der Waals surface area contributed by atoms with Crippen LogP contribution in [0.25, 0.3) is 11.3 Å². The van der Waals surface area contributed by atoms with Crippen molar-refractivity contribution >= 4 is 22.2 Å². The van der Waals surface area contributed by atoms with Gasteiger partial charge in [0.25, 0.3) is 0 Å². The van der Waals surface area contributed by atoms with Crippen molar-refractivity contribution in [2.45, 2.75) is 26.7 Å². The number of hydrogen-bond acceptors (Lipinski definition) is 5. The number of benzene rings is 2. The van der Waals surface area contributed by atoms with E-state index in [9.17, 15) is 0 Å². The van der Waals surface area contributed by atoms with Crippen molar-refractivity contribution in [1.29, 1.82) is 0 Å². The first-order valence-electron chi connectivity index (χ1n) is 8.87. The Labute approximate surface area is 158 Å². The molecular formula is C21H24N2O2S. The molecule has 26 heavy (non-hydrogen) atoms. The molecule has 0 bridgehead atoms. The van der Waals surface area contributed by atoms with Crippen molar-refractivity contribution in [3.8, 4) is 22.8 Å². The van der Waals surface area contributed by atoms with Gasteiger partial charge in [0.2, 0.25) is 0 Å². The molecule has 0 unspecified atom stereocenters. The van der Waals surface area contributed by atoms with Crippen LogP contribution in [-0.4, -0.2) is 18.7 Å². The molecule has 0 amide bonds. The predicted molar refractivity (Wildman–Crippen MR) is 109 cm³/mol. The van der Waals surface area contributed by atoms with E-state index in [1.807, 2.05) is 43.3 Å². The van der Waals surface area contributed by atoms with E-state index < -0.39 is 0 Å². The zero-order chi connectivity index (χ0) is 18.4.